The van der Waals surface area contributed by atoms with Crippen molar-refractivity contribution in [2.24, 2.45) is 0 Å². The highest BCUT2D eigenvalue weighted by Crippen LogP contribution is 2.30. The van der Waals surface area contributed by atoms with Crippen molar-refractivity contribution in [3.8, 4) is 0 Å². The minimum absolute atomic E-state index is 0.0471. The van der Waals surface area contributed by atoms with Crippen LogP contribution in [0, 0.1) is 20.8 Å². The molecule has 0 aliphatic carbocycles. The Labute approximate surface area is 172 Å². The third-order valence-corrected chi connectivity index (χ3v) is 5.89. The van der Waals surface area contributed by atoms with E-state index >= 15 is 0 Å². The van der Waals surface area contributed by atoms with Gasteiger partial charge in [0.05, 0.1) is 11.4 Å². The smallest absolute Gasteiger partial charge is 0.332 e. The van der Waals surface area contributed by atoms with Gasteiger partial charge in [0.2, 0.25) is 5.91 Å². The summed E-state index contributed by atoms with van der Waals surface area (Å²) in [5.41, 5.74) is -2.04. The van der Waals surface area contributed by atoms with Gasteiger partial charge in [-0.2, -0.15) is 13.2 Å². The van der Waals surface area contributed by atoms with Crippen molar-refractivity contribution in [3.05, 3.63) is 58.7 Å². The second-order valence-electron chi connectivity index (χ2n) is 6.96. The molecule has 0 heterocycles. The first kappa shape index (κ1) is 23.4. The maximum Gasteiger partial charge on any atom is 0.501 e. The van der Waals surface area contributed by atoms with Crippen LogP contribution >= 0.6 is 0 Å². The zero-order valence-corrected chi connectivity index (χ0v) is 17.6. The van der Waals surface area contributed by atoms with Crippen LogP contribution in [0.25, 0.3) is 0 Å². The Morgan fingerprint density at radius 3 is 1.97 bits per heavy atom. The van der Waals surface area contributed by atoms with E-state index in [2.05, 4.69) is 5.32 Å². The molecule has 0 aliphatic rings. The minimum atomic E-state index is -5.49. The quantitative estimate of drug-likeness (QED) is 0.767. The molecule has 30 heavy (non-hydrogen) atoms. The van der Waals surface area contributed by atoms with E-state index in [1.165, 1.54) is 7.05 Å². The van der Waals surface area contributed by atoms with Gasteiger partial charge < -0.3 is 10.2 Å². The van der Waals surface area contributed by atoms with Gasteiger partial charge in [0, 0.05) is 18.3 Å². The number of anilines is 1. The van der Waals surface area contributed by atoms with Gasteiger partial charge in [-0.25, -0.2) is 8.42 Å². The fraction of sp³-hybridized carbons (Fsp3) is 0.300. The zero-order valence-electron chi connectivity index (χ0n) is 16.8. The monoisotopic (exact) mass is 442 g/mol. The van der Waals surface area contributed by atoms with Gasteiger partial charge in [-0.05, 0) is 56.2 Å². The maximum absolute atomic E-state index is 12.6. The van der Waals surface area contributed by atoms with E-state index in [9.17, 15) is 31.2 Å². The number of hydrogen-bond acceptors (Lipinski definition) is 4. The van der Waals surface area contributed by atoms with Crippen LogP contribution in [-0.4, -0.2) is 44.2 Å². The standard InChI is InChI=1S/C20H21F3N2O4S/c1-12-9-13(2)18(14(3)10-12)24-17(26)11-25(4)19(27)15-5-7-16(8-6-15)30(28,29)20(21,22)23/h5-10H,11H2,1-4H3,(H,24,26). The van der Waals surface area contributed by atoms with Crippen LogP contribution in [0.4, 0.5) is 18.9 Å². The number of hydrogen-bond donors (Lipinski definition) is 1. The summed E-state index contributed by atoms with van der Waals surface area (Å²) in [7, 11) is -4.13. The Kier molecular flexibility index (Phi) is 6.60. The second-order valence-corrected chi connectivity index (χ2v) is 8.90. The van der Waals surface area contributed by atoms with E-state index in [0.717, 1.165) is 33.7 Å². The number of halogens is 3. The molecule has 0 saturated heterocycles. The van der Waals surface area contributed by atoms with Crippen LogP contribution in [0.2, 0.25) is 0 Å². The second kappa shape index (κ2) is 8.47. The Morgan fingerprint density at radius 2 is 1.50 bits per heavy atom. The lowest BCUT2D eigenvalue weighted by atomic mass is 10.1. The number of carbonyl (C=O) groups excluding carboxylic acids is 2. The van der Waals surface area contributed by atoms with Crippen molar-refractivity contribution in [2.45, 2.75) is 31.2 Å². The molecule has 6 nitrogen and oxygen atoms in total. The first-order valence-electron chi connectivity index (χ1n) is 8.78. The number of sulfone groups is 1. The van der Waals surface area contributed by atoms with Gasteiger partial charge in [0.25, 0.3) is 15.7 Å². The van der Waals surface area contributed by atoms with E-state index in [-0.39, 0.29) is 12.1 Å². The van der Waals surface area contributed by atoms with Crippen molar-refractivity contribution < 1.29 is 31.2 Å². The highest BCUT2D eigenvalue weighted by molar-refractivity contribution is 7.92. The minimum Gasteiger partial charge on any atom is -0.332 e. The topological polar surface area (TPSA) is 83.6 Å². The first-order chi connectivity index (χ1) is 13.7. The molecule has 162 valence electrons. The number of rotatable bonds is 5. The van der Waals surface area contributed by atoms with E-state index in [1.807, 2.05) is 32.9 Å². The van der Waals surface area contributed by atoms with E-state index in [4.69, 9.17) is 0 Å². The summed E-state index contributed by atoms with van der Waals surface area (Å²) in [6.07, 6.45) is 0. The van der Waals surface area contributed by atoms with Crippen LogP contribution < -0.4 is 5.32 Å². The summed E-state index contributed by atoms with van der Waals surface area (Å²) in [6.45, 7) is 5.33. The molecule has 0 unspecified atom stereocenters. The molecule has 0 radical (unpaired) electrons. The molecule has 0 bridgehead atoms. The summed E-state index contributed by atoms with van der Waals surface area (Å²) in [5, 5.41) is 2.75. The highest BCUT2D eigenvalue weighted by atomic mass is 32.2. The first-order valence-corrected chi connectivity index (χ1v) is 10.3. The van der Waals surface area contributed by atoms with Crippen LogP contribution in [0.1, 0.15) is 27.0 Å². The van der Waals surface area contributed by atoms with Crippen LogP contribution in [0.5, 0.6) is 0 Å². The molecule has 0 atom stereocenters. The van der Waals surface area contributed by atoms with Gasteiger partial charge in [-0.3, -0.25) is 9.59 Å². The number of amides is 2. The van der Waals surface area contributed by atoms with Gasteiger partial charge in [-0.15, -0.1) is 0 Å². The number of alkyl halides is 3. The van der Waals surface area contributed by atoms with E-state index in [1.54, 1.807) is 0 Å². The predicted molar refractivity (Wildman–Crippen MR) is 106 cm³/mol. The van der Waals surface area contributed by atoms with Crippen LogP contribution in [-0.2, 0) is 14.6 Å². The molecule has 2 rings (SSSR count). The third kappa shape index (κ3) is 4.99. The van der Waals surface area contributed by atoms with Crippen molar-refractivity contribution in [1.29, 1.82) is 0 Å². The van der Waals surface area contributed by atoms with Gasteiger partial charge in [0.1, 0.15) is 0 Å². The number of nitrogens with one attached hydrogen (secondary N) is 1. The Hall–Kier alpha value is -2.88. The van der Waals surface area contributed by atoms with Crippen LogP contribution in [0.15, 0.2) is 41.3 Å². The van der Waals surface area contributed by atoms with Crippen molar-refractivity contribution in [1.82, 2.24) is 4.90 Å². The molecule has 2 amide bonds. The zero-order chi connectivity index (χ0) is 22.9. The molecule has 0 aliphatic heterocycles. The molecule has 0 saturated carbocycles. The number of benzene rings is 2. The van der Waals surface area contributed by atoms with Crippen molar-refractivity contribution >= 4 is 27.3 Å². The Morgan fingerprint density at radius 1 is 1.00 bits per heavy atom. The number of nitrogens with zero attached hydrogens (tertiary/aromatic N) is 1. The number of carbonyl (C=O) groups is 2. The van der Waals surface area contributed by atoms with E-state index < -0.39 is 32.1 Å². The third-order valence-electron chi connectivity index (χ3n) is 4.39. The fourth-order valence-electron chi connectivity index (χ4n) is 2.97. The molecule has 0 aromatic heterocycles. The van der Waals surface area contributed by atoms with Crippen molar-refractivity contribution in [2.75, 3.05) is 18.9 Å². The summed E-state index contributed by atoms with van der Waals surface area (Å²) in [6, 6.07) is 7.20. The molecule has 10 heteroatoms. The van der Waals surface area contributed by atoms with Crippen LogP contribution in [0.3, 0.4) is 0 Å². The van der Waals surface area contributed by atoms with Gasteiger partial charge >= 0.3 is 5.51 Å². The molecular formula is C20H21F3N2O4S. The molecule has 0 spiro atoms. The van der Waals surface area contributed by atoms with Crippen molar-refractivity contribution in [3.63, 3.8) is 0 Å². The number of likely N-dealkylation sites (N-methyl/N-ethyl adjacent to an activating group) is 1. The lowest BCUT2D eigenvalue weighted by molar-refractivity contribution is -0.116. The van der Waals surface area contributed by atoms with Gasteiger partial charge in [0.15, 0.2) is 0 Å². The highest BCUT2D eigenvalue weighted by Gasteiger charge is 2.46. The number of aryl methyl sites for hydroxylation is 3. The SMILES string of the molecule is Cc1cc(C)c(NC(=O)CN(C)C(=O)c2ccc(S(=O)(=O)C(F)(F)F)cc2)c(C)c1. The normalized spacial score (nSPS) is 11.8. The Bertz CT molecular complexity index is 1060. The average Bonchev–Trinajstić information content (AvgIpc) is 2.63. The molecule has 2 aromatic carbocycles. The fourth-order valence-corrected chi connectivity index (χ4v) is 3.74. The van der Waals surface area contributed by atoms with E-state index in [0.29, 0.717) is 17.8 Å². The predicted octanol–water partition coefficient (Wildman–Crippen LogP) is 3.62. The maximum atomic E-state index is 12.6. The van der Waals surface area contributed by atoms with Gasteiger partial charge in [-0.1, -0.05) is 17.7 Å². The summed E-state index contributed by atoms with van der Waals surface area (Å²) in [4.78, 5) is 24.9. The molecule has 1 N–H and O–H groups in total. The molecule has 0 fully saturated rings. The lowest BCUT2D eigenvalue weighted by Gasteiger charge is -2.19. The largest absolute Gasteiger partial charge is 0.501 e. The summed E-state index contributed by atoms with van der Waals surface area (Å²) >= 11 is 0. The Balaban J connectivity index is 2.10. The lowest BCUT2D eigenvalue weighted by Crippen LogP contribution is -2.35. The molecule has 2 aromatic rings. The average molecular weight is 442 g/mol. The summed E-state index contributed by atoms with van der Waals surface area (Å²) < 4.78 is 60.6. The molecular weight excluding hydrogens is 421 g/mol. The summed E-state index contributed by atoms with van der Waals surface area (Å²) in [5.74, 6) is -1.09.